The molecule has 142 valence electrons. The smallest absolute Gasteiger partial charge is 0.274 e. The number of nitrogens with two attached hydrogens (primary N) is 1. The lowest BCUT2D eigenvalue weighted by Gasteiger charge is -2.07. The van der Waals surface area contributed by atoms with E-state index in [9.17, 15) is 4.79 Å². The van der Waals surface area contributed by atoms with Crippen LogP contribution in [0.25, 0.3) is 17.2 Å². The SMILES string of the molecule is C=CCn1c(SCc2cc(=O)n3[nH]c(N)nc3n2)nnc1-c1ccc(Cl)cc1. The van der Waals surface area contributed by atoms with Crippen molar-refractivity contribution in [2.45, 2.75) is 17.5 Å². The van der Waals surface area contributed by atoms with Gasteiger partial charge in [-0.3, -0.25) is 14.5 Å². The van der Waals surface area contributed by atoms with Crippen molar-refractivity contribution in [3.8, 4) is 11.4 Å². The summed E-state index contributed by atoms with van der Waals surface area (Å²) in [7, 11) is 0. The third-order valence-electron chi connectivity index (χ3n) is 3.88. The summed E-state index contributed by atoms with van der Waals surface area (Å²) < 4.78 is 3.14. The second kappa shape index (κ2) is 7.49. The number of hydrogen-bond acceptors (Lipinski definition) is 7. The summed E-state index contributed by atoms with van der Waals surface area (Å²) >= 11 is 7.38. The molecule has 0 atom stereocenters. The number of allylic oxidation sites excluding steroid dienone is 1. The van der Waals surface area contributed by atoms with Gasteiger partial charge in [-0.05, 0) is 24.3 Å². The third-order valence-corrected chi connectivity index (χ3v) is 5.13. The minimum Gasteiger partial charge on any atom is -0.368 e. The van der Waals surface area contributed by atoms with Crippen LogP contribution < -0.4 is 11.3 Å². The molecule has 1 aromatic carbocycles. The molecule has 0 saturated heterocycles. The van der Waals surface area contributed by atoms with E-state index >= 15 is 0 Å². The fraction of sp³-hybridized carbons (Fsp3) is 0.118. The van der Waals surface area contributed by atoms with Gasteiger partial charge in [-0.2, -0.15) is 9.50 Å². The molecule has 0 aliphatic rings. The highest BCUT2D eigenvalue weighted by molar-refractivity contribution is 7.98. The number of nitrogens with one attached hydrogen (secondary N) is 1. The van der Waals surface area contributed by atoms with Gasteiger partial charge in [0, 0.05) is 29.0 Å². The average Bonchev–Trinajstić information content (AvgIpc) is 3.24. The fourth-order valence-electron chi connectivity index (χ4n) is 2.66. The van der Waals surface area contributed by atoms with E-state index in [4.69, 9.17) is 17.3 Å². The van der Waals surface area contributed by atoms with E-state index in [1.54, 1.807) is 18.2 Å². The van der Waals surface area contributed by atoms with E-state index in [1.807, 2.05) is 16.7 Å². The molecule has 3 aromatic heterocycles. The summed E-state index contributed by atoms with van der Waals surface area (Å²) in [4.78, 5) is 20.5. The Kier molecular flexibility index (Phi) is 4.88. The van der Waals surface area contributed by atoms with Crippen molar-refractivity contribution in [2.24, 2.45) is 0 Å². The predicted molar refractivity (Wildman–Crippen MR) is 108 cm³/mol. The lowest BCUT2D eigenvalue weighted by atomic mass is 10.2. The van der Waals surface area contributed by atoms with Gasteiger partial charge in [0.2, 0.25) is 5.95 Å². The molecule has 0 bridgehead atoms. The zero-order valence-electron chi connectivity index (χ0n) is 14.5. The van der Waals surface area contributed by atoms with Crippen LogP contribution >= 0.6 is 23.4 Å². The van der Waals surface area contributed by atoms with Crippen LogP contribution in [0.4, 0.5) is 5.95 Å². The van der Waals surface area contributed by atoms with Crippen LogP contribution in [0.15, 0.2) is 52.9 Å². The number of nitrogens with zero attached hydrogens (tertiary/aromatic N) is 6. The minimum atomic E-state index is -0.279. The second-order valence-corrected chi connectivity index (χ2v) is 7.21. The van der Waals surface area contributed by atoms with Gasteiger partial charge in [0.05, 0.1) is 5.69 Å². The molecule has 0 aliphatic carbocycles. The normalized spacial score (nSPS) is 11.2. The van der Waals surface area contributed by atoms with Gasteiger partial charge in [0.15, 0.2) is 11.0 Å². The van der Waals surface area contributed by atoms with Crippen molar-refractivity contribution in [1.82, 2.24) is 34.3 Å². The van der Waals surface area contributed by atoms with Crippen LogP contribution in [0.1, 0.15) is 5.69 Å². The zero-order valence-corrected chi connectivity index (χ0v) is 16.1. The number of aromatic amines is 1. The Morgan fingerprint density at radius 1 is 1.25 bits per heavy atom. The van der Waals surface area contributed by atoms with Crippen molar-refractivity contribution >= 4 is 35.1 Å². The minimum absolute atomic E-state index is 0.132. The highest BCUT2D eigenvalue weighted by atomic mass is 35.5. The molecule has 3 N–H and O–H groups in total. The van der Waals surface area contributed by atoms with Crippen molar-refractivity contribution in [3.63, 3.8) is 0 Å². The number of aromatic nitrogens is 7. The summed E-state index contributed by atoms with van der Waals surface area (Å²) in [6.45, 7) is 4.35. The predicted octanol–water partition coefficient (Wildman–Crippen LogP) is 2.39. The summed E-state index contributed by atoms with van der Waals surface area (Å²) in [5.74, 6) is 1.50. The van der Waals surface area contributed by atoms with Gasteiger partial charge in [-0.15, -0.1) is 16.8 Å². The Labute approximate surface area is 168 Å². The molecule has 0 radical (unpaired) electrons. The van der Waals surface area contributed by atoms with Crippen LogP contribution in [0.5, 0.6) is 0 Å². The molecule has 0 fully saturated rings. The molecule has 0 spiro atoms. The lowest BCUT2D eigenvalue weighted by Crippen LogP contribution is -2.15. The Morgan fingerprint density at radius 3 is 2.79 bits per heavy atom. The maximum Gasteiger partial charge on any atom is 0.274 e. The monoisotopic (exact) mass is 414 g/mol. The number of rotatable bonds is 6. The summed E-state index contributed by atoms with van der Waals surface area (Å²) in [6.07, 6.45) is 1.77. The van der Waals surface area contributed by atoms with Gasteiger partial charge in [-0.1, -0.05) is 29.4 Å². The standard InChI is InChI=1S/C17H15ClN8OS/c1-2-7-25-14(10-3-5-11(18)6-4-10)22-23-17(25)28-9-12-8-13(27)26-16(20-12)21-15(19)24-26/h2-6,8H,1,7,9H2,(H3,19,20,21,24). The number of benzene rings is 1. The first kappa shape index (κ1) is 18.3. The van der Waals surface area contributed by atoms with Crippen LogP contribution in [-0.4, -0.2) is 34.3 Å². The van der Waals surface area contributed by atoms with Crippen molar-refractivity contribution in [2.75, 3.05) is 5.73 Å². The van der Waals surface area contributed by atoms with Crippen LogP contribution in [0.2, 0.25) is 5.02 Å². The molecule has 9 nitrogen and oxygen atoms in total. The summed E-state index contributed by atoms with van der Waals surface area (Å²) in [5, 5.41) is 12.6. The largest absolute Gasteiger partial charge is 0.368 e. The Balaban J connectivity index is 1.62. The van der Waals surface area contributed by atoms with Gasteiger partial charge < -0.3 is 5.73 Å². The average molecular weight is 415 g/mol. The highest BCUT2D eigenvalue weighted by Crippen LogP contribution is 2.26. The first-order valence-electron chi connectivity index (χ1n) is 8.22. The number of fused-ring (bicyclic) bond motifs is 1. The van der Waals surface area contributed by atoms with Crippen LogP contribution in [0, 0.1) is 0 Å². The molecular weight excluding hydrogens is 400 g/mol. The highest BCUT2D eigenvalue weighted by Gasteiger charge is 2.15. The topological polar surface area (TPSA) is 120 Å². The number of thioether (sulfide) groups is 1. The van der Waals surface area contributed by atoms with Gasteiger partial charge >= 0.3 is 0 Å². The van der Waals surface area contributed by atoms with E-state index < -0.39 is 0 Å². The molecule has 0 saturated carbocycles. The summed E-state index contributed by atoms with van der Waals surface area (Å²) in [6, 6.07) is 8.82. The van der Waals surface area contributed by atoms with Crippen molar-refractivity contribution < 1.29 is 0 Å². The second-order valence-electron chi connectivity index (χ2n) is 5.83. The first-order valence-corrected chi connectivity index (χ1v) is 9.58. The summed E-state index contributed by atoms with van der Waals surface area (Å²) in [5.41, 5.74) is 6.78. The van der Waals surface area contributed by atoms with E-state index in [-0.39, 0.29) is 17.3 Å². The maximum atomic E-state index is 12.1. The quantitative estimate of drug-likeness (QED) is 0.367. The fourth-order valence-corrected chi connectivity index (χ4v) is 3.62. The first-order chi connectivity index (χ1) is 13.5. The van der Waals surface area contributed by atoms with Gasteiger partial charge in [0.1, 0.15) is 0 Å². The van der Waals surface area contributed by atoms with Crippen molar-refractivity contribution in [3.05, 3.63) is 64.1 Å². The molecule has 0 amide bonds. The molecule has 4 aromatic rings. The van der Waals surface area contributed by atoms with E-state index in [0.717, 1.165) is 5.56 Å². The van der Waals surface area contributed by atoms with Gasteiger partial charge in [0.25, 0.3) is 11.3 Å². The Hall–Kier alpha value is -3.11. The zero-order chi connectivity index (χ0) is 19.7. The molecule has 4 rings (SSSR count). The number of anilines is 1. The van der Waals surface area contributed by atoms with Crippen LogP contribution in [-0.2, 0) is 12.3 Å². The lowest BCUT2D eigenvalue weighted by molar-refractivity contribution is 0.731. The third kappa shape index (κ3) is 3.51. The van der Waals surface area contributed by atoms with Gasteiger partial charge in [-0.25, -0.2) is 4.98 Å². The Bertz CT molecular complexity index is 1210. The molecule has 0 aliphatic heterocycles. The number of hydrogen-bond donors (Lipinski definition) is 2. The molecule has 0 unspecified atom stereocenters. The van der Waals surface area contributed by atoms with E-state index in [0.29, 0.717) is 34.0 Å². The Morgan fingerprint density at radius 2 is 2.04 bits per heavy atom. The maximum absolute atomic E-state index is 12.1. The molecule has 3 heterocycles. The molecule has 28 heavy (non-hydrogen) atoms. The van der Waals surface area contributed by atoms with Crippen molar-refractivity contribution in [1.29, 1.82) is 0 Å². The number of halogens is 1. The van der Waals surface area contributed by atoms with E-state index in [2.05, 4.69) is 31.8 Å². The number of H-pyrrole nitrogens is 1. The number of nitrogen functional groups attached to an aromatic ring is 1. The van der Waals surface area contributed by atoms with Crippen LogP contribution in [0.3, 0.4) is 0 Å². The van der Waals surface area contributed by atoms with E-state index in [1.165, 1.54) is 22.3 Å². The molecular formula is C17H15ClN8OS. The molecule has 11 heteroatoms.